The molecule has 0 radical (unpaired) electrons. The number of likely N-dealkylation sites (N-methyl/N-ethyl adjacent to an activating group) is 3. The van der Waals surface area contributed by atoms with Gasteiger partial charge in [0.05, 0.1) is 6.04 Å². The summed E-state index contributed by atoms with van der Waals surface area (Å²) in [4.78, 5) is 4.51. The van der Waals surface area contributed by atoms with E-state index in [9.17, 15) is 8.78 Å². The zero-order valence-electron chi connectivity index (χ0n) is 13.1. The lowest BCUT2D eigenvalue weighted by Crippen LogP contribution is -2.47. The Labute approximate surface area is 125 Å². The second kappa shape index (κ2) is 7.29. The fraction of sp³-hybridized carbons (Fsp3) is 0.625. The van der Waals surface area contributed by atoms with Crippen molar-refractivity contribution in [2.24, 2.45) is 0 Å². The van der Waals surface area contributed by atoms with Gasteiger partial charge in [0.2, 0.25) is 0 Å². The van der Waals surface area contributed by atoms with Gasteiger partial charge >= 0.3 is 0 Å². The maximum atomic E-state index is 14.2. The Morgan fingerprint density at radius 1 is 1.29 bits per heavy atom. The van der Waals surface area contributed by atoms with Gasteiger partial charge in [0.1, 0.15) is 11.6 Å². The van der Waals surface area contributed by atoms with Crippen LogP contribution in [0.3, 0.4) is 0 Å². The number of nitrogens with one attached hydrogen (secondary N) is 1. The molecule has 21 heavy (non-hydrogen) atoms. The molecule has 1 aliphatic rings. The molecule has 1 N–H and O–H groups in total. The second-order valence-electron chi connectivity index (χ2n) is 5.86. The van der Waals surface area contributed by atoms with Gasteiger partial charge in [0.15, 0.2) is 0 Å². The molecule has 0 aromatic heterocycles. The van der Waals surface area contributed by atoms with Crippen LogP contribution in [-0.2, 0) is 0 Å². The van der Waals surface area contributed by atoms with Crippen molar-refractivity contribution >= 4 is 0 Å². The molecule has 118 valence electrons. The van der Waals surface area contributed by atoms with E-state index < -0.39 is 0 Å². The van der Waals surface area contributed by atoms with Gasteiger partial charge in [-0.15, -0.1) is 0 Å². The summed E-state index contributed by atoms with van der Waals surface area (Å²) in [7, 11) is 4.14. The summed E-state index contributed by atoms with van der Waals surface area (Å²) in [5.41, 5.74) is 0.420. The van der Waals surface area contributed by atoms with E-state index in [2.05, 4.69) is 29.2 Å². The quantitative estimate of drug-likeness (QED) is 0.919. The zero-order valence-corrected chi connectivity index (χ0v) is 13.1. The van der Waals surface area contributed by atoms with Crippen LogP contribution >= 0.6 is 0 Å². The van der Waals surface area contributed by atoms with Crippen LogP contribution in [0.15, 0.2) is 18.2 Å². The number of halogens is 2. The fourth-order valence-electron chi connectivity index (χ4n) is 3.09. The van der Waals surface area contributed by atoms with Gasteiger partial charge in [0, 0.05) is 18.2 Å². The molecule has 3 nitrogen and oxygen atoms in total. The van der Waals surface area contributed by atoms with Crippen molar-refractivity contribution < 1.29 is 8.78 Å². The predicted molar refractivity (Wildman–Crippen MR) is 81.3 cm³/mol. The van der Waals surface area contributed by atoms with Crippen molar-refractivity contribution in [1.82, 2.24) is 15.1 Å². The summed E-state index contributed by atoms with van der Waals surface area (Å²) in [6.07, 6.45) is 1.09. The molecule has 1 aromatic carbocycles. The Morgan fingerprint density at radius 2 is 2.05 bits per heavy atom. The van der Waals surface area contributed by atoms with E-state index in [0.29, 0.717) is 12.1 Å². The third-order valence-corrected chi connectivity index (χ3v) is 4.22. The van der Waals surface area contributed by atoms with Crippen LogP contribution in [0.5, 0.6) is 0 Å². The molecule has 1 aromatic rings. The lowest BCUT2D eigenvalue weighted by Gasteiger charge is -2.35. The van der Waals surface area contributed by atoms with Gasteiger partial charge in [-0.1, -0.05) is 6.92 Å². The molecule has 1 fully saturated rings. The topological polar surface area (TPSA) is 18.5 Å². The maximum Gasteiger partial charge on any atom is 0.128 e. The molecule has 1 saturated heterocycles. The lowest BCUT2D eigenvalue weighted by molar-refractivity contribution is 0.177. The highest BCUT2D eigenvalue weighted by atomic mass is 19.1. The van der Waals surface area contributed by atoms with Crippen LogP contribution in [-0.4, -0.2) is 56.1 Å². The summed E-state index contributed by atoms with van der Waals surface area (Å²) in [6.45, 7) is 5.54. The van der Waals surface area contributed by atoms with Gasteiger partial charge < -0.3 is 15.1 Å². The Morgan fingerprint density at radius 3 is 2.76 bits per heavy atom. The van der Waals surface area contributed by atoms with E-state index in [1.807, 2.05) is 6.92 Å². The zero-order chi connectivity index (χ0) is 15.4. The number of benzene rings is 1. The molecule has 2 atom stereocenters. The first-order valence-corrected chi connectivity index (χ1v) is 7.60. The Kier molecular flexibility index (Phi) is 5.67. The molecular formula is C16H25F2N3. The molecule has 0 bridgehead atoms. The summed E-state index contributed by atoms with van der Waals surface area (Å²) >= 11 is 0. The van der Waals surface area contributed by atoms with E-state index in [1.54, 1.807) is 0 Å². The number of nitrogens with zero attached hydrogens (tertiary/aromatic N) is 2. The lowest BCUT2D eigenvalue weighted by atomic mass is 9.97. The van der Waals surface area contributed by atoms with Crippen molar-refractivity contribution in [3.05, 3.63) is 35.4 Å². The van der Waals surface area contributed by atoms with Gasteiger partial charge in [-0.2, -0.15) is 0 Å². The van der Waals surface area contributed by atoms with Crippen molar-refractivity contribution in [3.8, 4) is 0 Å². The summed E-state index contributed by atoms with van der Waals surface area (Å²) in [5, 5.41) is 3.34. The average Bonchev–Trinajstić information content (AvgIpc) is 2.61. The fourth-order valence-corrected chi connectivity index (χ4v) is 3.09. The maximum absolute atomic E-state index is 14.2. The van der Waals surface area contributed by atoms with Gasteiger partial charge in [-0.3, -0.25) is 0 Å². The standard InChI is InChI=1S/C16H25F2N3/c1-4-19-16(13-10-12(17)6-7-14(13)18)15-11-20(2)8-5-9-21(15)3/h6-7,10,15-16,19H,4-5,8-9,11H2,1-3H3. The minimum atomic E-state index is -0.390. The first-order valence-electron chi connectivity index (χ1n) is 7.60. The minimum absolute atomic E-state index is 0.119. The summed E-state index contributed by atoms with van der Waals surface area (Å²) in [6, 6.07) is 3.62. The predicted octanol–water partition coefficient (Wildman–Crippen LogP) is 2.25. The van der Waals surface area contributed by atoms with Crippen LogP contribution in [0.4, 0.5) is 8.78 Å². The van der Waals surface area contributed by atoms with Crippen molar-refractivity contribution in [3.63, 3.8) is 0 Å². The van der Waals surface area contributed by atoms with Crippen LogP contribution < -0.4 is 5.32 Å². The number of rotatable bonds is 4. The number of hydrogen-bond acceptors (Lipinski definition) is 3. The van der Waals surface area contributed by atoms with Crippen LogP contribution in [0.25, 0.3) is 0 Å². The number of hydrogen-bond donors (Lipinski definition) is 1. The summed E-state index contributed by atoms with van der Waals surface area (Å²) in [5.74, 6) is -0.735. The minimum Gasteiger partial charge on any atom is -0.309 e. The van der Waals surface area contributed by atoms with Crippen LogP contribution in [0, 0.1) is 11.6 Å². The average molecular weight is 297 g/mol. The molecule has 0 spiro atoms. The summed E-state index contributed by atoms with van der Waals surface area (Å²) < 4.78 is 27.7. The van der Waals surface area contributed by atoms with Gasteiger partial charge in [0.25, 0.3) is 0 Å². The van der Waals surface area contributed by atoms with Gasteiger partial charge in [-0.25, -0.2) is 8.78 Å². The van der Waals surface area contributed by atoms with E-state index in [4.69, 9.17) is 0 Å². The molecule has 1 heterocycles. The van der Waals surface area contributed by atoms with Crippen LogP contribution in [0.2, 0.25) is 0 Å². The largest absolute Gasteiger partial charge is 0.309 e. The van der Waals surface area contributed by atoms with E-state index in [1.165, 1.54) is 18.2 Å². The Bertz CT molecular complexity index is 467. The monoisotopic (exact) mass is 297 g/mol. The second-order valence-corrected chi connectivity index (χ2v) is 5.86. The normalized spacial score (nSPS) is 23.0. The van der Waals surface area contributed by atoms with E-state index in [-0.39, 0.29) is 23.7 Å². The van der Waals surface area contributed by atoms with Gasteiger partial charge in [-0.05, 0) is 58.3 Å². The first-order chi connectivity index (χ1) is 10.0. The highest BCUT2D eigenvalue weighted by molar-refractivity contribution is 5.24. The van der Waals surface area contributed by atoms with Crippen molar-refractivity contribution in [1.29, 1.82) is 0 Å². The molecule has 2 rings (SSSR count). The molecule has 0 aliphatic carbocycles. The third-order valence-electron chi connectivity index (χ3n) is 4.22. The van der Waals surface area contributed by atoms with E-state index >= 15 is 0 Å². The first kappa shape index (κ1) is 16.3. The molecule has 2 unspecified atom stereocenters. The Balaban J connectivity index is 2.34. The third kappa shape index (κ3) is 3.99. The Hall–Kier alpha value is -1.04. The molecular weight excluding hydrogens is 272 g/mol. The molecule has 5 heteroatoms. The highest BCUT2D eigenvalue weighted by Crippen LogP contribution is 2.26. The van der Waals surface area contributed by atoms with Crippen LogP contribution in [0.1, 0.15) is 24.9 Å². The van der Waals surface area contributed by atoms with Crippen molar-refractivity contribution in [2.75, 3.05) is 40.3 Å². The smallest absolute Gasteiger partial charge is 0.128 e. The highest BCUT2D eigenvalue weighted by Gasteiger charge is 2.30. The molecule has 1 aliphatic heterocycles. The van der Waals surface area contributed by atoms with E-state index in [0.717, 1.165) is 26.1 Å². The SMILES string of the molecule is CCNC(c1cc(F)ccc1F)C1CN(C)CCCN1C. The molecule has 0 amide bonds. The van der Waals surface area contributed by atoms with Crippen molar-refractivity contribution in [2.45, 2.75) is 25.4 Å². The molecule has 0 saturated carbocycles.